The minimum absolute atomic E-state index is 0.343. The van der Waals surface area contributed by atoms with Crippen molar-refractivity contribution in [3.8, 4) is 0 Å². The van der Waals surface area contributed by atoms with Crippen molar-refractivity contribution in [3.63, 3.8) is 0 Å². The van der Waals surface area contributed by atoms with Gasteiger partial charge in [0.1, 0.15) is 0 Å². The number of rotatable bonds is 3. The molecule has 0 spiro atoms. The van der Waals surface area contributed by atoms with Gasteiger partial charge in [-0.25, -0.2) is 4.79 Å². The number of esters is 1. The molecule has 4 nitrogen and oxygen atoms in total. The summed E-state index contributed by atoms with van der Waals surface area (Å²) in [5.41, 5.74) is 0. The van der Waals surface area contributed by atoms with Gasteiger partial charge >= 0.3 is 5.97 Å². The standard InChI is InChI=1S/C8H14O4/c1-6(2)5-12-7(9)8-10-3-4-11-8/h6,8H,3-5H2,1-2H3. The molecule has 0 aromatic carbocycles. The second-order valence-corrected chi connectivity index (χ2v) is 3.10. The molecule has 1 fully saturated rings. The molecule has 4 heteroatoms. The predicted molar refractivity (Wildman–Crippen MR) is 41.5 cm³/mol. The maximum Gasteiger partial charge on any atom is 0.363 e. The van der Waals surface area contributed by atoms with Crippen LogP contribution in [0.5, 0.6) is 0 Å². The average Bonchev–Trinajstić information content (AvgIpc) is 2.51. The summed E-state index contributed by atoms with van der Waals surface area (Å²) < 4.78 is 14.8. The van der Waals surface area contributed by atoms with Crippen molar-refractivity contribution in [3.05, 3.63) is 0 Å². The largest absolute Gasteiger partial charge is 0.462 e. The molecule has 0 radical (unpaired) electrons. The molecule has 0 bridgehead atoms. The highest BCUT2D eigenvalue weighted by molar-refractivity contribution is 5.73. The van der Waals surface area contributed by atoms with Crippen LogP contribution in [-0.2, 0) is 19.0 Å². The van der Waals surface area contributed by atoms with Crippen molar-refractivity contribution in [1.82, 2.24) is 0 Å². The highest BCUT2D eigenvalue weighted by atomic mass is 16.7. The Hall–Kier alpha value is -0.610. The lowest BCUT2D eigenvalue weighted by Crippen LogP contribution is -2.25. The Balaban J connectivity index is 2.18. The van der Waals surface area contributed by atoms with Crippen LogP contribution in [0.15, 0.2) is 0 Å². The Morgan fingerprint density at radius 3 is 2.58 bits per heavy atom. The van der Waals surface area contributed by atoms with E-state index in [2.05, 4.69) is 0 Å². The van der Waals surface area contributed by atoms with Crippen LogP contribution in [0, 0.1) is 5.92 Å². The molecule has 0 saturated carbocycles. The number of ether oxygens (including phenoxy) is 3. The highest BCUT2D eigenvalue weighted by Crippen LogP contribution is 2.06. The van der Waals surface area contributed by atoms with Crippen LogP contribution in [0.4, 0.5) is 0 Å². The molecule has 1 rings (SSSR count). The Kier molecular flexibility index (Phi) is 3.49. The van der Waals surface area contributed by atoms with E-state index >= 15 is 0 Å². The minimum Gasteiger partial charge on any atom is -0.462 e. The van der Waals surface area contributed by atoms with E-state index in [1.54, 1.807) is 0 Å². The van der Waals surface area contributed by atoms with Crippen LogP contribution < -0.4 is 0 Å². The SMILES string of the molecule is CC(C)COC(=O)C1OCCO1. The van der Waals surface area contributed by atoms with Crippen molar-refractivity contribution >= 4 is 5.97 Å². The van der Waals surface area contributed by atoms with E-state index in [-0.39, 0.29) is 0 Å². The summed E-state index contributed by atoms with van der Waals surface area (Å²) in [6, 6.07) is 0. The molecular formula is C8H14O4. The molecule has 1 saturated heterocycles. The summed E-state index contributed by atoms with van der Waals surface area (Å²) >= 11 is 0. The van der Waals surface area contributed by atoms with E-state index in [1.165, 1.54) is 0 Å². The zero-order valence-corrected chi connectivity index (χ0v) is 7.41. The average molecular weight is 174 g/mol. The quantitative estimate of drug-likeness (QED) is 0.586. The molecule has 0 N–H and O–H groups in total. The molecule has 12 heavy (non-hydrogen) atoms. The zero-order chi connectivity index (χ0) is 8.97. The maximum absolute atomic E-state index is 11.1. The molecular weight excluding hydrogens is 160 g/mol. The van der Waals surface area contributed by atoms with Gasteiger partial charge in [-0.2, -0.15) is 0 Å². The zero-order valence-electron chi connectivity index (χ0n) is 7.41. The monoisotopic (exact) mass is 174 g/mol. The van der Waals surface area contributed by atoms with Gasteiger partial charge in [0.05, 0.1) is 19.8 Å². The predicted octanol–water partition coefficient (Wildman–Crippen LogP) is 0.558. The summed E-state index contributed by atoms with van der Waals surface area (Å²) in [5.74, 6) is -0.0726. The van der Waals surface area contributed by atoms with Gasteiger partial charge in [0.25, 0.3) is 6.29 Å². The molecule has 0 aromatic rings. The first kappa shape index (κ1) is 9.48. The molecule has 70 valence electrons. The number of hydrogen-bond donors (Lipinski definition) is 0. The molecule has 0 aliphatic carbocycles. The minimum atomic E-state index is -0.788. The van der Waals surface area contributed by atoms with Gasteiger partial charge < -0.3 is 14.2 Å². The molecule has 0 unspecified atom stereocenters. The second kappa shape index (κ2) is 4.42. The third-order valence-electron chi connectivity index (χ3n) is 1.37. The van der Waals surface area contributed by atoms with Crippen LogP contribution in [0.3, 0.4) is 0 Å². The smallest absolute Gasteiger partial charge is 0.363 e. The third-order valence-corrected chi connectivity index (χ3v) is 1.37. The van der Waals surface area contributed by atoms with Gasteiger partial charge in [-0.05, 0) is 5.92 Å². The lowest BCUT2D eigenvalue weighted by atomic mass is 10.2. The van der Waals surface area contributed by atoms with Gasteiger partial charge in [-0.1, -0.05) is 13.8 Å². The lowest BCUT2D eigenvalue weighted by Gasteiger charge is -2.10. The van der Waals surface area contributed by atoms with Crippen molar-refractivity contribution < 1.29 is 19.0 Å². The number of carbonyl (C=O) groups excluding carboxylic acids is 1. The maximum atomic E-state index is 11.1. The fraction of sp³-hybridized carbons (Fsp3) is 0.875. The van der Waals surface area contributed by atoms with Crippen LogP contribution in [0.2, 0.25) is 0 Å². The van der Waals surface area contributed by atoms with E-state index in [9.17, 15) is 4.79 Å². The summed E-state index contributed by atoms with van der Waals surface area (Å²) in [4.78, 5) is 11.1. The van der Waals surface area contributed by atoms with Crippen LogP contribution in [-0.4, -0.2) is 32.1 Å². The van der Waals surface area contributed by atoms with Gasteiger partial charge in [0.2, 0.25) is 0 Å². The van der Waals surface area contributed by atoms with Gasteiger partial charge in [-0.3, -0.25) is 0 Å². The fourth-order valence-corrected chi connectivity index (χ4v) is 0.811. The lowest BCUT2D eigenvalue weighted by molar-refractivity contribution is -0.173. The number of hydrogen-bond acceptors (Lipinski definition) is 4. The molecule has 0 aromatic heterocycles. The Bertz CT molecular complexity index is 149. The molecule has 1 heterocycles. The van der Waals surface area contributed by atoms with E-state index < -0.39 is 12.3 Å². The van der Waals surface area contributed by atoms with Crippen molar-refractivity contribution in [1.29, 1.82) is 0 Å². The Morgan fingerprint density at radius 1 is 1.50 bits per heavy atom. The fourth-order valence-electron chi connectivity index (χ4n) is 0.811. The topological polar surface area (TPSA) is 44.8 Å². The Morgan fingerprint density at radius 2 is 2.08 bits per heavy atom. The van der Waals surface area contributed by atoms with E-state index in [4.69, 9.17) is 14.2 Å². The van der Waals surface area contributed by atoms with Gasteiger partial charge in [0, 0.05) is 0 Å². The summed E-state index contributed by atoms with van der Waals surface area (Å²) in [6.07, 6.45) is -0.788. The normalized spacial score (nSPS) is 18.6. The van der Waals surface area contributed by atoms with Crippen LogP contribution in [0.25, 0.3) is 0 Å². The summed E-state index contributed by atoms with van der Waals surface area (Å²) in [7, 11) is 0. The first-order valence-corrected chi connectivity index (χ1v) is 4.10. The van der Waals surface area contributed by atoms with E-state index in [0.717, 1.165) is 0 Å². The molecule has 1 aliphatic heterocycles. The first-order valence-electron chi connectivity index (χ1n) is 4.10. The summed E-state index contributed by atoms with van der Waals surface area (Å²) in [5, 5.41) is 0. The molecule has 1 aliphatic rings. The first-order chi connectivity index (χ1) is 5.70. The van der Waals surface area contributed by atoms with E-state index in [1.807, 2.05) is 13.8 Å². The van der Waals surface area contributed by atoms with Crippen molar-refractivity contribution in [2.24, 2.45) is 5.92 Å². The molecule has 0 atom stereocenters. The Labute approximate surface area is 71.8 Å². The van der Waals surface area contributed by atoms with Crippen molar-refractivity contribution in [2.45, 2.75) is 20.1 Å². The van der Waals surface area contributed by atoms with Crippen LogP contribution in [0.1, 0.15) is 13.8 Å². The van der Waals surface area contributed by atoms with Gasteiger partial charge in [-0.15, -0.1) is 0 Å². The van der Waals surface area contributed by atoms with E-state index in [0.29, 0.717) is 25.7 Å². The second-order valence-electron chi connectivity index (χ2n) is 3.10. The van der Waals surface area contributed by atoms with Gasteiger partial charge in [0.15, 0.2) is 0 Å². The molecule has 0 amide bonds. The van der Waals surface area contributed by atoms with Crippen LogP contribution >= 0.6 is 0 Å². The third kappa shape index (κ3) is 2.79. The summed E-state index contributed by atoms with van der Waals surface area (Å²) in [6.45, 7) is 5.32. The van der Waals surface area contributed by atoms with Crippen molar-refractivity contribution in [2.75, 3.05) is 19.8 Å². The highest BCUT2D eigenvalue weighted by Gasteiger charge is 2.25. The number of carbonyl (C=O) groups is 1.